The van der Waals surface area contributed by atoms with Crippen LogP contribution in [0.5, 0.6) is 5.75 Å². The van der Waals surface area contributed by atoms with Crippen LogP contribution in [0.15, 0.2) is 18.3 Å². The van der Waals surface area contributed by atoms with Crippen LogP contribution in [0.1, 0.15) is 25.2 Å². The summed E-state index contributed by atoms with van der Waals surface area (Å²) in [6.45, 7) is 6.35. The van der Waals surface area contributed by atoms with Gasteiger partial charge in [0, 0.05) is 12.6 Å². The number of nitrogens with one attached hydrogen (secondary N) is 1. The Bertz CT molecular complexity index is 695. The number of pyridine rings is 1. The second-order valence-corrected chi connectivity index (χ2v) is 5.78. The third-order valence-electron chi connectivity index (χ3n) is 3.34. The third kappa shape index (κ3) is 4.21. The number of nitrogens with zero attached hydrogens (tertiary/aromatic N) is 3. The zero-order valence-corrected chi connectivity index (χ0v) is 13.8. The molecule has 0 saturated heterocycles. The smallest absolute Gasteiger partial charge is 0.407 e. The lowest BCUT2D eigenvalue weighted by molar-refractivity contribution is 0.132. The summed E-state index contributed by atoms with van der Waals surface area (Å²) in [5.41, 5.74) is 2.85. The van der Waals surface area contributed by atoms with Crippen molar-refractivity contribution in [2.75, 3.05) is 6.61 Å². The molecular formula is C16H22N4O3. The van der Waals surface area contributed by atoms with Crippen molar-refractivity contribution in [2.24, 2.45) is 13.0 Å². The molecule has 0 radical (unpaired) electrons. The van der Waals surface area contributed by atoms with Gasteiger partial charge in [-0.3, -0.25) is 4.68 Å². The Balaban J connectivity index is 2.12. The van der Waals surface area contributed by atoms with Crippen LogP contribution < -0.4 is 5.32 Å². The molecule has 0 atom stereocenters. The second kappa shape index (κ2) is 7.13. The molecule has 2 aromatic heterocycles. The van der Waals surface area contributed by atoms with E-state index >= 15 is 0 Å². The van der Waals surface area contributed by atoms with E-state index < -0.39 is 6.09 Å². The van der Waals surface area contributed by atoms with E-state index in [1.807, 2.05) is 13.8 Å². The molecule has 0 spiro atoms. The zero-order valence-electron chi connectivity index (χ0n) is 13.8. The Hall–Kier alpha value is -2.57. The fourth-order valence-electron chi connectivity index (χ4n) is 2.04. The van der Waals surface area contributed by atoms with Gasteiger partial charge in [-0.05, 0) is 25.0 Å². The summed E-state index contributed by atoms with van der Waals surface area (Å²) in [4.78, 5) is 16.0. The lowest BCUT2D eigenvalue weighted by atomic mass is 10.1. The molecule has 7 nitrogen and oxygen atoms in total. The number of ether oxygens (including phenoxy) is 1. The Morgan fingerprint density at radius 3 is 2.83 bits per heavy atom. The molecule has 0 unspecified atom stereocenters. The predicted molar refractivity (Wildman–Crippen MR) is 85.9 cm³/mol. The molecule has 1 amide bonds. The molecule has 0 fully saturated rings. The van der Waals surface area contributed by atoms with E-state index in [0.29, 0.717) is 18.0 Å². The number of alkyl carbamates (subject to hydrolysis) is 1. The number of aromatic nitrogens is 3. The number of aryl methyl sites for hydroxylation is 2. The van der Waals surface area contributed by atoms with Gasteiger partial charge in [-0.25, -0.2) is 9.78 Å². The maximum Gasteiger partial charge on any atom is 0.407 e. The van der Waals surface area contributed by atoms with Crippen molar-refractivity contribution in [1.29, 1.82) is 0 Å². The summed E-state index contributed by atoms with van der Waals surface area (Å²) < 4.78 is 6.78. The Morgan fingerprint density at radius 1 is 1.43 bits per heavy atom. The number of carbonyl (C=O) groups excluding carboxylic acids is 1. The molecule has 0 bridgehead atoms. The highest BCUT2D eigenvalue weighted by molar-refractivity contribution is 5.68. The Labute approximate surface area is 135 Å². The lowest BCUT2D eigenvalue weighted by Gasteiger charge is -2.10. The van der Waals surface area contributed by atoms with E-state index in [1.165, 1.54) is 0 Å². The van der Waals surface area contributed by atoms with E-state index in [-0.39, 0.29) is 18.2 Å². The summed E-state index contributed by atoms with van der Waals surface area (Å²) in [5, 5.41) is 16.5. The van der Waals surface area contributed by atoms with Gasteiger partial charge in [-0.2, -0.15) is 5.10 Å². The minimum absolute atomic E-state index is 0.148. The van der Waals surface area contributed by atoms with Crippen LogP contribution in [0.25, 0.3) is 11.3 Å². The third-order valence-corrected chi connectivity index (χ3v) is 3.34. The molecule has 2 rings (SSSR count). The number of aromatic hydroxyl groups is 1. The van der Waals surface area contributed by atoms with Gasteiger partial charge in [-0.15, -0.1) is 0 Å². The molecule has 0 aliphatic carbocycles. The number of hydrogen-bond donors (Lipinski definition) is 2. The van der Waals surface area contributed by atoms with Crippen LogP contribution in [0.4, 0.5) is 4.79 Å². The first-order valence-electron chi connectivity index (χ1n) is 7.47. The van der Waals surface area contributed by atoms with Crippen molar-refractivity contribution in [3.63, 3.8) is 0 Å². The zero-order chi connectivity index (χ0) is 17.0. The van der Waals surface area contributed by atoms with Gasteiger partial charge in [0.15, 0.2) is 0 Å². The summed E-state index contributed by atoms with van der Waals surface area (Å²) >= 11 is 0. The second-order valence-electron chi connectivity index (χ2n) is 5.78. The predicted octanol–water partition coefficient (Wildman–Crippen LogP) is 2.38. The van der Waals surface area contributed by atoms with Gasteiger partial charge < -0.3 is 15.2 Å². The van der Waals surface area contributed by atoms with Crippen LogP contribution in [0.2, 0.25) is 0 Å². The van der Waals surface area contributed by atoms with E-state index in [2.05, 4.69) is 15.4 Å². The van der Waals surface area contributed by atoms with Crippen molar-refractivity contribution in [3.8, 4) is 17.0 Å². The van der Waals surface area contributed by atoms with E-state index in [1.54, 1.807) is 37.0 Å². The van der Waals surface area contributed by atoms with E-state index in [9.17, 15) is 9.90 Å². The number of hydrogen-bond acceptors (Lipinski definition) is 5. The molecule has 0 aliphatic heterocycles. The maximum atomic E-state index is 11.7. The topological polar surface area (TPSA) is 89.3 Å². The highest BCUT2D eigenvalue weighted by Gasteiger charge is 2.14. The van der Waals surface area contributed by atoms with Crippen LogP contribution in [0.3, 0.4) is 0 Å². The summed E-state index contributed by atoms with van der Waals surface area (Å²) in [7, 11) is 1.80. The van der Waals surface area contributed by atoms with Crippen LogP contribution in [0, 0.1) is 12.8 Å². The standard InChI is InChI=1S/C16H22N4O3/c1-10(2)9-23-16(22)17-8-14-12(7-18-20(14)4)13-5-6-15(21)11(3)19-13/h5-7,10,21H,8-9H2,1-4H3,(H,17,22). The number of rotatable bonds is 5. The van der Waals surface area contributed by atoms with Gasteiger partial charge in [0.2, 0.25) is 0 Å². The number of carbonyl (C=O) groups is 1. The normalized spacial score (nSPS) is 10.8. The summed E-state index contributed by atoms with van der Waals surface area (Å²) in [6.07, 6.45) is 1.23. The number of amides is 1. The van der Waals surface area contributed by atoms with E-state index in [4.69, 9.17) is 4.74 Å². The summed E-state index contributed by atoms with van der Waals surface area (Å²) in [6, 6.07) is 3.32. The Kier molecular flexibility index (Phi) is 5.20. The average molecular weight is 318 g/mol. The average Bonchev–Trinajstić information content (AvgIpc) is 2.87. The molecule has 2 heterocycles. The van der Waals surface area contributed by atoms with Gasteiger partial charge in [0.05, 0.1) is 36.4 Å². The molecule has 2 N–H and O–H groups in total. The molecule has 0 aromatic carbocycles. The SMILES string of the molecule is Cc1nc(-c2cnn(C)c2CNC(=O)OCC(C)C)ccc1O. The molecule has 0 saturated carbocycles. The highest BCUT2D eigenvalue weighted by Crippen LogP contribution is 2.24. The van der Waals surface area contributed by atoms with Crippen LogP contribution in [-0.4, -0.2) is 32.6 Å². The molecule has 7 heteroatoms. The fraction of sp³-hybridized carbons (Fsp3) is 0.438. The first kappa shape index (κ1) is 16.8. The summed E-state index contributed by atoms with van der Waals surface area (Å²) in [5.74, 6) is 0.437. The van der Waals surface area contributed by atoms with Gasteiger partial charge >= 0.3 is 6.09 Å². The fourth-order valence-corrected chi connectivity index (χ4v) is 2.04. The first-order valence-corrected chi connectivity index (χ1v) is 7.47. The van der Waals surface area contributed by atoms with Crippen LogP contribution in [-0.2, 0) is 18.3 Å². The monoisotopic (exact) mass is 318 g/mol. The lowest BCUT2D eigenvalue weighted by Crippen LogP contribution is -2.26. The molecule has 0 aliphatic rings. The van der Waals surface area contributed by atoms with Crippen LogP contribution >= 0.6 is 0 Å². The maximum absolute atomic E-state index is 11.7. The van der Waals surface area contributed by atoms with Crippen molar-refractivity contribution in [1.82, 2.24) is 20.1 Å². The molecule has 124 valence electrons. The van der Waals surface area contributed by atoms with Crippen molar-refractivity contribution in [2.45, 2.75) is 27.3 Å². The minimum Gasteiger partial charge on any atom is -0.506 e. The molecular weight excluding hydrogens is 296 g/mol. The van der Waals surface area contributed by atoms with Crippen molar-refractivity contribution < 1.29 is 14.6 Å². The van der Waals surface area contributed by atoms with Crippen molar-refractivity contribution in [3.05, 3.63) is 29.7 Å². The van der Waals surface area contributed by atoms with E-state index in [0.717, 1.165) is 11.3 Å². The van der Waals surface area contributed by atoms with Gasteiger partial charge in [-0.1, -0.05) is 13.8 Å². The molecule has 23 heavy (non-hydrogen) atoms. The molecule has 2 aromatic rings. The highest BCUT2D eigenvalue weighted by atomic mass is 16.5. The first-order chi connectivity index (χ1) is 10.9. The van der Waals surface area contributed by atoms with Crippen molar-refractivity contribution >= 4 is 6.09 Å². The van der Waals surface area contributed by atoms with Gasteiger partial charge in [0.1, 0.15) is 5.75 Å². The quantitative estimate of drug-likeness (QED) is 0.883. The largest absolute Gasteiger partial charge is 0.506 e. The Morgan fingerprint density at radius 2 is 2.17 bits per heavy atom. The van der Waals surface area contributed by atoms with Gasteiger partial charge in [0.25, 0.3) is 0 Å². The minimum atomic E-state index is -0.458.